The molecule has 28 heavy (non-hydrogen) atoms. The van der Waals surface area contributed by atoms with Crippen LogP contribution in [0.15, 0.2) is 42.5 Å². The van der Waals surface area contributed by atoms with E-state index in [1.54, 1.807) is 0 Å². The summed E-state index contributed by atoms with van der Waals surface area (Å²) in [5.74, 6) is -0.266. The van der Waals surface area contributed by atoms with Crippen molar-refractivity contribution in [2.24, 2.45) is 0 Å². The molecule has 1 N–H and O–H groups in total. The first-order valence-electron chi connectivity index (χ1n) is 9.15. The molecule has 2 aromatic rings. The molecule has 8 heteroatoms. The average molecular weight is 403 g/mol. The standard InChI is InChI=1S/C20H23ClN4O3/c1-15-3-2-4-16(11-15)13-23-7-9-24(10-8-23)14-20(26)22-18-6-5-17(21)12-19(18)25(27)28/h2-6,11-12H,7-10,13-14H2,1H3,(H,22,26). The van der Waals surface area contributed by atoms with Crippen molar-refractivity contribution in [1.29, 1.82) is 0 Å². The lowest BCUT2D eigenvalue weighted by molar-refractivity contribution is -0.383. The molecule has 1 aliphatic rings. The SMILES string of the molecule is Cc1cccc(CN2CCN(CC(=O)Nc3ccc(Cl)cc3[N+](=O)[O-])CC2)c1. The number of nitrogens with zero attached hydrogens (tertiary/aromatic N) is 3. The first-order chi connectivity index (χ1) is 13.4. The molecule has 2 aromatic carbocycles. The number of rotatable bonds is 6. The number of hydrogen-bond donors (Lipinski definition) is 1. The number of halogens is 1. The van der Waals surface area contributed by atoms with Crippen LogP contribution in [0.4, 0.5) is 11.4 Å². The minimum absolute atomic E-state index is 0.164. The molecular weight excluding hydrogens is 380 g/mol. The Morgan fingerprint density at radius 1 is 1.14 bits per heavy atom. The van der Waals surface area contributed by atoms with Crippen LogP contribution < -0.4 is 5.32 Å². The number of anilines is 1. The molecule has 0 aliphatic carbocycles. The Morgan fingerprint density at radius 2 is 1.86 bits per heavy atom. The monoisotopic (exact) mass is 402 g/mol. The molecule has 148 valence electrons. The van der Waals surface area contributed by atoms with E-state index in [4.69, 9.17) is 11.6 Å². The van der Waals surface area contributed by atoms with E-state index < -0.39 is 4.92 Å². The zero-order valence-corrected chi connectivity index (χ0v) is 16.5. The number of carbonyl (C=O) groups is 1. The molecule has 0 aromatic heterocycles. The lowest BCUT2D eigenvalue weighted by atomic mass is 10.1. The van der Waals surface area contributed by atoms with Gasteiger partial charge in [0.1, 0.15) is 5.69 Å². The van der Waals surface area contributed by atoms with Gasteiger partial charge in [0.2, 0.25) is 5.91 Å². The van der Waals surface area contributed by atoms with Crippen LogP contribution in [0.2, 0.25) is 5.02 Å². The highest BCUT2D eigenvalue weighted by Crippen LogP contribution is 2.27. The summed E-state index contributed by atoms with van der Waals surface area (Å²) < 4.78 is 0. The molecular formula is C20H23ClN4O3. The highest BCUT2D eigenvalue weighted by Gasteiger charge is 2.21. The summed E-state index contributed by atoms with van der Waals surface area (Å²) in [7, 11) is 0. The fourth-order valence-corrected chi connectivity index (χ4v) is 3.49. The quantitative estimate of drug-likeness (QED) is 0.592. The van der Waals surface area contributed by atoms with Crippen LogP contribution in [0.1, 0.15) is 11.1 Å². The van der Waals surface area contributed by atoms with Gasteiger partial charge in [-0.25, -0.2) is 0 Å². The topological polar surface area (TPSA) is 78.7 Å². The molecule has 0 bridgehead atoms. The second-order valence-corrected chi connectivity index (χ2v) is 7.44. The second kappa shape index (κ2) is 9.14. The fraction of sp³-hybridized carbons (Fsp3) is 0.350. The average Bonchev–Trinajstić information content (AvgIpc) is 2.64. The number of nitro groups is 1. The maximum atomic E-state index is 12.3. The van der Waals surface area contributed by atoms with E-state index in [1.165, 1.54) is 29.3 Å². The van der Waals surface area contributed by atoms with Gasteiger partial charge in [0.25, 0.3) is 5.69 Å². The van der Waals surface area contributed by atoms with E-state index in [0.29, 0.717) is 0 Å². The number of aryl methyl sites for hydroxylation is 1. The molecule has 7 nitrogen and oxygen atoms in total. The van der Waals surface area contributed by atoms with E-state index in [-0.39, 0.29) is 28.8 Å². The van der Waals surface area contributed by atoms with Crippen LogP contribution in [0.5, 0.6) is 0 Å². The van der Waals surface area contributed by atoms with Crippen LogP contribution in [0.3, 0.4) is 0 Å². The van der Waals surface area contributed by atoms with Gasteiger partial charge in [0.15, 0.2) is 0 Å². The summed E-state index contributed by atoms with van der Waals surface area (Å²) >= 11 is 5.80. The summed E-state index contributed by atoms with van der Waals surface area (Å²) in [4.78, 5) is 27.3. The van der Waals surface area contributed by atoms with Crippen LogP contribution in [-0.4, -0.2) is 53.4 Å². The van der Waals surface area contributed by atoms with E-state index >= 15 is 0 Å². The molecule has 1 saturated heterocycles. The number of hydrogen-bond acceptors (Lipinski definition) is 5. The summed E-state index contributed by atoms with van der Waals surface area (Å²) in [5.41, 5.74) is 2.51. The first-order valence-corrected chi connectivity index (χ1v) is 9.52. The Balaban J connectivity index is 1.49. The maximum absolute atomic E-state index is 12.3. The van der Waals surface area contributed by atoms with Crippen molar-refractivity contribution in [1.82, 2.24) is 9.80 Å². The molecule has 0 spiro atoms. The van der Waals surface area contributed by atoms with Gasteiger partial charge in [-0.2, -0.15) is 0 Å². The zero-order valence-electron chi connectivity index (χ0n) is 15.7. The maximum Gasteiger partial charge on any atom is 0.294 e. The molecule has 1 heterocycles. The van der Waals surface area contributed by atoms with E-state index in [1.807, 2.05) is 0 Å². The molecule has 0 radical (unpaired) electrons. The van der Waals surface area contributed by atoms with E-state index in [9.17, 15) is 14.9 Å². The number of carbonyl (C=O) groups excluding carboxylic acids is 1. The van der Waals surface area contributed by atoms with Gasteiger partial charge in [-0.15, -0.1) is 0 Å². The van der Waals surface area contributed by atoms with Gasteiger partial charge in [0.05, 0.1) is 11.5 Å². The van der Waals surface area contributed by atoms with Gasteiger partial charge in [-0.05, 0) is 24.6 Å². The first kappa shape index (κ1) is 20.3. The predicted molar refractivity (Wildman–Crippen MR) is 110 cm³/mol. The predicted octanol–water partition coefficient (Wildman–Crippen LogP) is 3.31. The normalized spacial score (nSPS) is 15.4. The second-order valence-electron chi connectivity index (χ2n) is 7.01. The Bertz CT molecular complexity index is 866. The molecule has 0 saturated carbocycles. The Hall–Kier alpha value is -2.48. The van der Waals surface area contributed by atoms with Crippen molar-refractivity contribution in [3.63, 3.8) is 0 Å². The third-order valence-electron chi connectivity index (χ3n) is 4.75. The number of piperazine rings is 1. The largest absolute Gasteiger partial charge is 0.319 e. The number of nitro benzene ring substituents is 1. The highest BCUT2D eigenvalue weighted by atomic mass is 35.5. The lowest BCUT2D eigenvalue weighted by Gasteiger charge is -2.34. The Labute approximate surface area is 169 Å². The zero-order chi connectivity index (χ0) is 20.1. The summed E-state index contributed by atoms with van der Waals surface area (Å²) in [6.45, 7) is 6.51. The van der Waals surface area contributed by atoms with E-state index in [2.05, 4.69) is 46.3 Å². The van der Waals surface area contributed by atoms with Crippen LogP contribution in [0.25, 0.3) is 0 Å². The Morgan fingerprint density at radius 3 is 2.54 bits per heavy atom. The number of benzene rings is 2. The summed E-state index contributed by atoms with van der Waals surface area (Å²) in [6, 6.07) is 12.7. The van der Waals surface area contributed by atoms with Crippen molar-refractivity contribution in [3.05, 3.63) is 68.7 Å². The van der Waals surface area contributed by atoms with Crippen molar-refractivity contribution in [3.8, 4) is 0 Å². The van der Waals surface area contributed by atoms with Gasteiger partial charge in [-0.3, -0.25) is 24.7 Å². The molecule has 1 aliphatic heterocycles. The minimum atomic E-state index is -0.550. The highest BCUT2D eigenvalue weighted by molar-refractivity contribution is 6.31. The Kier molecular flexibility index (Phi) is 6.61. The molecule has 1 fully saturated rings. The van der Waals surface area contributed by atoms with Gasteiger partial charge in [-0.1, -0.05) is 41.4 Å². The van der Waals surface area contributed by atoms with Crippen molar-refractivity contribution in [2.75, 3.05) is 38.0 Å². The van der Waals surface area contributed by atoms with Gasteiger partial charge < -0.3 is 5.32 Å². The molecule has 1 amide bonds. The molecule has 0 unspecified atom stereocenters. The third-order valence-corrected chi connectivity index (χ3v) is 4.99. The minimum Gasteiger partial charge on any atom is -0.319 e. The number of amides is 1. The van der Waals surface area contributed by atoms with Crippen LogP contribution >= 0.6 is 11.6 Å². The van der Waals surface area contributed by atoms with Crippen LogP contribution in [0, 0.1) is 17.0 Å². The molecule has 3 rings (SSSR count). The molecule has 0 atom stereocenters. The van der Waals surface area contributed by atoms with Crippen molar-refractivity contribution in [2.45, 2.75) is 13.5 Å². The third kappa shape index (κ3) is 5.51. The van der Waals surface area contributed by atoms with Gasteiger partial charge >= 0.3 is 0 Å². The van der Waals surface area contributed by atoms with E-state index in [0.717, 1.165) is 32.7 Å². The van der Waals surface area contributed by atoms with Crippen LogP contribution in [-0.2, 0) is 11.3 Å². The number of nitrogens with one attached hydrogen (secondary N) is 1. The van der Waals surface area contributed by atoms with Crippen molar-refractivity contribution < 1.29 is 9.72 Å². The smallest absolute Gasteiger partial charge is 0.294 e. The summed E-state index contributed by atoms with van der Waals surface area (Å²) in [6.07, 6.45) is 0. The lowest BCUT2D eigenvalue weighted by Crippen LogP contribution is -2.48. The van der Waals surface area contributed by atoms with Gasteiger partial charge in [0, 0.05) is 43.8 Å². The fourth-order valence-electron chi connectivity index (χ4n) is 3.33. The summed E-state index contributed by atoms with van der Waals surface area (Å²) in [5, 5.41) is 14.0. The van der Waals surface area contributed by atoms with Crippen molar-refractivity contribution >= 4 is 28.9 Å².